The molecular weight excluding hydrogens is 533 g/mol. The number of aryl methyl sites for hydroxylation is 2. The van der Waals surface area contributed by atoms with Crippen molar-refractivity contribution in [1.82, 2.24) is 0 Å². The molecule has 0 spiro atoms. The number of rotatable bonds is 8. The molecule has 0 aliphatic carbocycles. The van der Waals surface area contributed by atoms with E-state index in [9.17, 15) is 21.6 Å². The van der Waals surface area contributed by atoms with Gasteiger partial charge in [0.1, 0.15) is 6.54 Å². The van der Waals surface area contributed by atoms with Crippen LogP contribution in [0, 0.1) is 13.8 Å². The van der Waals surface area contributed by atoms with E-state index >= 15 is 0 Å². The van der Waals surface area contributed by atoms with Gasteiger partial charge in [0.15, 0.2) is 0 Å². The second-order valence-corrected chi connectivity index (χ2v) is 12.3. The first kappa shape index (κ1) is 26.8. The predicted molar refractivity (Wildman–Crippen MR) is 140 cm³/mol. The largest absolute Gasteiger partial charge is 0.325 e. The van der Waals surface area contributed by atoms with E-state index in [4.69, 9.17) is 23.2 Å². The van der Waals surface area contributed by atoms with E-state index in [-0.39, 0.29) is 21.3 Å². The molecule has 0 aromatic heterocycles. The van der Waals surface area contributed by atoms with Gasteiger partial charge in [0.05, 0.1) is 27.5 Å². The molecule has 0 aliphatic heterocycles. The zero-order chi connectivity index (χ0) is 26.0. The summed E-state index contributed by atoms with van der Waals surface area (Å²) >= 11 is 12.0. The summed E-state index contributed by atoms with van der Waals surface area (Å²) < 4.78 is 53.5. The van der Waals surface area contributed by atoms with Gasteiger partial charge in [-0.25, -0.2) is 16.8 Å². The highest BCUT2D eigenvalue weighted by atomic mass is 35.5. The fraction of sp³-hybridized carbons (Fsp3) is 0.174. The molecule has 12 heteroatoms. The lowest BCUT2D eigenvalue weighted by Gasteiger charge is -2.23. The van der Waals surface area contributed by atoms with E-state index in [1.54, 1.807) is 13.0 Å². The molecule has 0 fully saturated rings. The minimum absolute atomic E-state index is 0.00196. The molecule has 8 nitrogen and oxygen atoms in total. The SMILES string of the molecule is Cc1ccc(C)c(NS(=O)(=O)c2ccc(NC(=O)CN(c3ccc(Cl)cc3Cl)S(C)(=O)=O)cc2)c1. The topological polar surface area (TPSA) is 113 Å². The summed E-state index contributed by atoms with van der Waals surface area (Å²) in [7, 11) is -7.70. The van der Waals surface area contributed by atoms with Crippen molar-refractivity contribution in [2.24, 2.45) is 0 Å². The van der Waals surface area contributed by atoms with Gasteiger partial charge >= 0.3 is 0 Å². The van der Waals surface area contributed by atoms with E-state index in [1.165, 1.54) is 42.5 Å². The van der Waals surface area contributed by atoms with Gasteiger partial charge in [0, 0.05) is 10.7 Å². The number of anilines is 3. The van der Waals surface area contributed by atoms with Crippen LogP contribution in [-0.2, 0) is 24.8 Å². The molecule has 0 aliphatic rings. The molecule has 0 saturated carbocycles. The molecule has 0 atom stereocenters. The fourth-order valence-corrected chi connectivity index (χ4v) is 5.71. The molecular formula is C23H23Cl2N3O5S2. The van der Waals surface area contributed by atoms with Gasteiger partial charge in [0.25, 0.3) is 10.0 Å². The average molecular weight is 556 g/mol. The minimum atomic E-state index is -3.86. The Morgan fingerprint density at radius 1 is 0.914 bits per heavy atom. The zero-order valence-electron chi connectivity index (χ0n) is 19.0. The van der Waals surface area contributed by atoms with Crippen LogP contribution in [0.4, 0.5) is 17.1 Å². The summed E-state index contributed by atoms with van der Waals surface area (Å²) in [6.45, 7) is 3.11. The minimum Gasteiger partial charge on any atom is -0.325 e. The first-order chi connectivity index (χ1) is 16.3. The van der Waals surface area contributed by atoms with Gasteiger partial charge in [-0.3, -0.25) is 13.8 Å². The number of nitrogens with zero attached hydrogens (tertiary/aromatic N) is 1. The van der Waals surface area contributed by atoms with Crippen LogP contribution >= 0.6 is 23.2 Å². The van der Waals surface area contributed by atoms with Crippen LogP contribution < -0.4 is 14.3 Å². The molecule has 3 rings (SSSR count). The Morgan fingerprint density at radius 2 is 1.57 bits per heavy atom. The Bertz CT molecular complexity index is 1480. The summed E-state index contributed by atoms with van der Waals surface area (Å²) in [5.74, 6) is -0.648. The van der Waals surface area contributed by atoms with Gasteiger partial charge in [-0.15, -0.1) is 0 Å². The maximum absolute atomic E-state index is 12.8. The zero-order valence-corrected chi connectivity index (χ0v) is 22.2. The Balaban J connectivity index is 1.75. The number of benzene rings is 3. The number of carbonyl (C=O) groups is 1. The lowest BCUT2D eigenvalue weighted by molar-refractivity contribution is -0.114. The first-order valence-corrected chi connectivity index (χ1v) is 14.3. The highest BCUT2D eigenvalue weighted by molar-refractivity contribution is 7.92. The van der Waals surface area contributed by atoms with Gasteiger partial charge < -0.3 is 5.32 Å². The van der Waals surface area contributed by atoms with Crippen molar-refractivity contribution in [1.29, 1.82) is 0 Å². The number of halogens is 2. The third-order valence-corrected chi connectivity index (χ3v) is 8.00. The molecule has 3 aromatic carbocycles. The van der Waals surface area contributed by atoms with E-state index in [0.29, 0.717) is 10.7 Å². The molecule has 3 aromatic rings. The van der Waals surface area contributed by atoms with E-state index in [2.05, 4.69) is 10.0 Å². The molecule has 0 radical (unpaired) electrons. The van der Waals surface area contributed by atoms with Crippen LogP contribution in [0.2, 0.25) is 10.0 Å². The van der Waals surface area contributed by atoms with Crippen molar-refractivity contribution in [3.8, 4) is 0 Å². The van der Waals surface area contributed by atoms with Gasteiger partial charge in [0.2, 0.25) is 15.9 Å². The maximum Gasteiger partial charge on any atom is 0.261 e. The lowest BCUT2D eigenvalue weighted by atomic mass is 10.1. The van der Waals surface area contributed by atoms with Crippen LogP contribution in [0.25, 0.3) is 0 Å². The smallest absolute Gasteiger partial charge is 0.261 e. The van der Waals surface area contributed by atoms with E-state index in [0.717, 1.165) is 21.7 Å². The molecule has 2 N–H and O–H groups in total. The predicted octanol–water partition coefficient (Wildman–Crippen LogP) is 4.82. The number of nitrogens with one attached hydrogen (secondary N) is 2. The number of hydrogen-bond acceptors (Lipinski definition) is 5. The number of amides is 1. The number of hydrogen-bond donors (Lipinski definition) is 2. The summed E-state index contributed by atoms with van der Waals surface area (Å²) in [5.41, 5.74) is 2.56. The third-order valence-electron chi connectivity index (χ3n) is 4.95. The van der Waals surface area contributed by atoms with Crippen LogP contribution in [-0.4, -0.2) is 35.5 Å². The summed E-state index contributed by atoms with van der Waals surface area (Å²) in [6.07, 6.45) is 0.952. The Morgan fingerprint density at radius 3 is 2.17 bits per heavy atom. The molecule has 0 unspecified atom stereocenters. The highest BCUT2D eigenvalue weighted by Crippen LogP contribution is 2.30. The second-order valence-electron chi connectivity index (χ2n) is 7.86. The molecule has 1 amide bonds. The standard InChI is InChI=1S/C23H23Cl2N3O5S2/c1-15-4-5-16(2)21(12-15)27-35(32,33)19-9-7-18(8-10-19)26-23(29)14-28(34(3,30)31)22-11-6-17(24)13-20(22)25/h4-13,27H,14H2,1-3H3,(H,26,29). The molecule has 35 heavy (non-hydrogen) atoms. The van der Waals surface area contributed by atoms with E-state index in [1.807, 2.05) is 19.1 Å². The monoisotopic (exact) mass is 555 g/mol. The third kappa shape index (κ3) is 6.88. The van der Waals surface area contributed by atoms with Crippen LogP contribution in [0.15, 0.2) is 65.6 Å². The van der Waals surface area contributed by atoms with Crippen molar-refractivity contribution in [3.63, 3.8) is 0 Å². The van der Waals surface area contributed by atoms with Crippen molar-refractivity contribution < 1.29 is 21.6 Å². The van der Waals surface area contributed by atoms with Crippen LogP contribution in [0.3, 0.4) is 0 Å². The Kier molecular flexibility index (Phi) is 8.00. The molecule has 0 saturated heterocycles. The van der Waals surface area contributed by atoms with Crippen molar-refractivity contribution in [3.05, 3.63) is 81.8 Å². The highest BCUT2D eigenvalue weighted by Gasteiger charge is 2.23. The van der Waals surface area contributed by atoms with Crippen LogP contribution in [0.1, 0.15) is 11.1 Å². The maximum atomic E-state index is 12.8. The Labute approximate surface area is 215 Å². The number of carbonyl (C=O) groups excluding carboxylic acids is 1. The van der Waals surface area contributed by atoms with Crippen molar-refractivity contribution in [2.75, 3.05) is 27.1 Å². The summed E-state index contributed by atoms with van der Waals surface area (Å²) in [4.78, 5) is 12.6. The molecule has 186 valence electrons. The summed E-state index contributed by atoms with van der Waals surface area (Å²) in [6, 6.07) is 15.2. The lowest BCUT2D eigenvalue weighted by Crippen LogP contribution is -2.37. The first-order valence-electron chi connectivity index (χ1n) is 10.2. The van der Waals surface area contributed by atoms with Crippen LogP contribution in [0.5, 0.6) is 0 Å². The van der Waals surface area contributed by atoms with Gasteiger partial charge in [-0.2, -0.15) is 0 Å². The van der Waals surface area contributed by atoms with Crippen molar-refractivity contribution in [2.45, 2.75) is 18.7 Å². The number of sulfonamides is 2. The Hall–Kier alpha value is -2.79. The van der Waals surface area contributed by atoms with Gasteiger partial charge in [-0.05, 0) is 73.5 Å². The molecule has 0 bridgehead atoms. The van der Waals surface area contributed by atoms with Crippen molar-refractivity contribution >= 4 is 66.2 Å². The molecule has 0 heterocycles. The van der Waals surface area contributed by atoms with Gasteiger partial charge in [-0.1, -0.05) is 35.3 Å². The summed E-state index contributed by atoms with van der Waals surface area (Å²) in [5, 5.41) is 2.95. The normalized spacial score (nSPS) is 11.7. The fourth-order valence-electron chi connectivity index (χ4n) is 3.16. The van der Waals surface area contributed by atoms with E-state index < -0.39 is 32.5 Å². The second kappa shape index (κ2) is 10.4. The quantitative estimate of drug-likeness (QED) is 0.413. The average Bonchev–Trinajstić information content (AvgIpc) is 2.74.